The number of nitrogens with zero attached hydrogens (tertiary/aromatic N) is 2. The van der Waals surface area contributed by atoms with Gasteiger partial charge in [-0.3, -0.25) is 0 Å². The Morgan fingerprint density at radius 3 is 2.28 bits per heavy atom. The number of hydroxylamine groups is 1. The van der Waals surface area contributed by atoms with Gasteiger partial charge in [-0.2, -0.15) is 0 Å². The second kappa shape index (κ2) is 6.85. The first kappa shape index (κ1) is 13.5. The Hall–Kier alpha value is -0.940. The maximum Gasteiger partial charge on any atom is 0.0458 e. The first-order valence-corrected chi connectivity index (χ1v) is 6.63. The van der Waals surface area contributed by atoms with Crippen molar-refractivity contribution in [2.24, 2.45) is 0 Å². The average molecular weight is 249 g/mol. The highest BCUT2D eigenvalue weighted by atomic mass is 16.5. The summed E-state index contributed by atoms with van der Waals surface area (Å²) >= 11 is 0. The van der Waals surface area contributed by atoms with Crippen LogP contribution in [-0.2, 0) is 13.0 Å². The first-order valence-electron chi connectivity index (χ1n) is 6.63. The Balaban J connectivity index is 1.76. The molecule has 0 atom stereocenters. The maximum absolute atomic E-state index is 8.62. The molecule has 0 spiro atoms. The lowest BCUT2D eigenvalue weighted by Gasteiger charge is -2.32. The zero-order chi connectivity index (χ0) is 12.8. The van der Waals surface area contributed by atoms with Crippen LogP contribution in [-0.4, -0.2) is 54.8 Å². The van der Waals surface area contributed by atoms with Crippen molar-refractivity contribution in [3.05, 3.63) is 35.4 Å². The lowest BCUT2D eigenvalue weighted by Crippen LogP contribution is -2.45. The third-order valence-electron chi connectivity index (χ3n) is 3.62. The van der Waals surface area contributed by atoms with Gasteiger partial charge >= 0.3 is 0 Å². The van der Waals surface area contributed by atoms with Crippen LogP contribution in [0.15, 0.2) is 24.3 Å². The van der Waals surface area contributed by atoms with Gasteiger partial charge in [0.15, 0.2) is 0 Å². The van der Waals surface area contributed by atoms with Gasteiger partial charge in [0.1, 0.15) is 0 Å². The van der Waals surface area contributed by atoms with Crippen LogP contribution in [0.1, 0.15) is 11.1 Å². The molecule has 0 radical (unpaired) electrons. The van der Waals surface area contributed by atoms with E-state index < -0.39 is 0 Å². The number of piperazine rings is 1. The summed E-state index contributed by atoms with van der Waals surface area (Å²) < 4.78 is 0. The molecule has 4 nitrogen and oxygen atoms in total. The Morgan fingerprint density at radius 2 is 1.67 bits per heavy atom. The van der Waals surface area contributed by atoms with Crippen LogP contribution in [0.3, 0.4) is 0 Å². The van der Waals surface area contributed by atoms with Crippen LogP contribution in [0.2, 0.25) is 0 Å². The molecule has 0 saturated carbocycles. The fourth-order valence-electron chi connectivity index (χ4n) is 2.27. The summed E-state index contributed by atoms with van der Waals surface area (Å²) in [4.78, 5) is 4.91. The maximum atomic E-state index is 8.62. The van der Waals surface area contributed by atoms with Crippen molar-refractivity contribution in [3.8, 4) is 0 Å². The number of hydrogen-bond acceptors (Lipinski definition) is 4. The normalized spacial score (nSPS) is 18.1. The van der Waals surface area contributed by atoms with Gasteiger partial charge < -0.3 is 15.0 Å². The summed E-state index contributed by atoms with van der Waals surface area (Å²) in [5, 5.41) is 8.62. The van der Waals surface area contributed by atoms with E-state index in [-0.39, 0.29) is 0 Å². The van der Waals surface area contributed by atoms with E-state index in [1.165, 1.54) is 31.7 Å². The molecule has 1 saturated heterocycles. The second-order valence-corrected chi connectivity index (χ2v) is 5.05. The minimum Gasteiger partial charge on any atom is -0.316 e. The first-order chi connectivity index (χ1) is 8.78. The zero-order valence-corrected chi connectivity index (χ0v) is 11.1. The lowest BCUT2D eigenvalue weighted by atomic mass is 10.1. The highest BCUT2D eigenvalue weighted by Gasteiger charge is 2.12. The van der Waals surface area contributed by atoms with Gasteiger partial charge in [-0.15, -0.1) is 0 Å². The third-order valence-corrected chi connectivity index (χ3v) is 3.62. The van der Waals surface area contributed by atoms with Gasteiger partial charge in [0, 0.05) is 39.3 Å². The van der Waals surface area contributed by atoms with E-state index in [0.29, 0.717) is 6.54 Å². The number of rotatable bonds is 5. The molecule has 1 aliphatic rings. The molecule has 1 heterocycles. The molecule has 1 aliphatic heterocycles. The van der Waals surface area contributed by atoms with E-state index in [4.69, 9.17) is 5.21 Å². The Labute approximate surface area is 109 Å². The predicted molar refractivity (Wildman–Crippen MR) is 72.7 cm³/mol. The van der Waals surface area contributed by atoms with Crippen molar-refractivity contribution in [1.29, 1.82) is 0 Å². The highest BCUT2D eigenvalue weighted by molar-refractivity contribution is 5.22. The molecule has 4 heteroatoms. The zero-order valence-electron chi connectivity index (χ0n) is 11.1. The van der Waals surface area contributed by atoms with E-state index in [0.717, 1.165) is 18.5 Å². The summed E-state index contributed by atoms with van der Waals surface area (Å²) in [5.41, 5.74) is 4.66. The Bertz CT molecular complexity index is 345. The minimum absolute atomic E-state index is 0.513. The molecule has 18 heavy (non-hydrogen) atoms. The van der Waals surface area contributed by atoms with Crippen molar-refractivity contribution in [1.82, 2.24) is 15.3 Å². The number of likely N-dealkylation sites (N-methyl/N-ethyl adjacent to an activating group) is 1. The molecule has 1 fully saturated rings. The van der Waals surface area contributed by atoms with Crippen molar-refractivity contribution < 1.29 is 5.21 Å². The van der Waals surface area contributed by atoms with Gasteiger partial charge in [0.2, 0.25) is 0 Å². The summed E-state index contributed by atoms with van der Waals surface area (Å²) in [5.74, 6) is 0. The van der Waals surface area contributed by atoms with E-state index in [1.807, 2.05) is 0 Å². The molecule has 0 amide bonds. The Kier molecular flexibility index (Phi) is 5.13. The summed E-state index contributed by atoms with van der Waals surface area (Å²) in [6.07, 6.45) is 1.11. The molecule has 100 valence electrons. The summed E-state index contributed by atoms with van der Waals surface area (Å²) in [7, 11) is 2.19. The SMILES string of the molecule is CN1CCN(CCc2ccc(CNO)cc2)CC1. The van der Waals surface area contributed by atoms with Gasteiger partial charge in [-0.05, 0) is 24.6 Å². The monoisotopic (exact) mass is 249 g/mol. The van der Waals surface area contributed by atoms with Crippen LogP contribution in [0.5, 0.6) is 0 Å². The van der Waals surface area contributed by atoms with Gasteiger partial charge in [0.25, 0.3) is 0 Å². The van der Waals surface area contributed by atoms with Crippen molar-refractivity contribution in [2.45, 2.75) is 13.0 Å². The van der Waals surface area contributed by atoms with Crippen LogP contribution in [0.25, 0.3) is 0 Å². The Morgan fingerprint density at radius 1 is 1.06 bits per heavy atom. The average Bonchev–Trinajstić information content (AvgIpc) is 2.40. The number of benzene rings is 1. The fraction of sp³-hybridized carbons (Fsp3) is 0.571. The largest absolute Gasteiger partial charge is 0.316 e. The van der Waals surface area contributed by atoms with E-state index in [2.05, 4.69) is 46.6 Å². The van der Waals surface area contributed by atoms with E-state index >= 15 is 0 Å². The topological polar surface area (TPSA) is 38.7 Å². The molecule has 0 aliphatic carbocycles. The molecule has 2 N–H and O–H groups in total. The van der Waals surface area contributed by atoms with Crippen LogP contribution < -0.4 is 5.48 Å². The minimum atomic E-state index is 0.513. The van der Waals surface area contributed by atoms with Crippen molar-refractivity contribution in [2.75, 3.05) is 39.8 Å². The highest BCUT2D eigenvalue weighted by Crippen LogP contribution is 2.07. The molecule has 0 bridgehead atoms. The molecule has 0 unspecified atom stereocenters. The standard InChI is InChI=1S/C14H23N3O/c1-16-8-10-17(11-9-16)7-6-13-2-4-14(5-3-13)12-15-18/h2-5,15,18H,6-12H2,1H3. The van der Waals surface area contributed by atoms with Gasteiger partial charge in [-0.25, -0.2) is 5.48 Å². The van der Waals surface area contributed by atoms with Gasteiger partial charge in [0.05, 0.1) is 0 Å². The molecule has 0 aromatic heterocycles. The van der Waals surface area contributed by atoms with Gasteiger partial charge in [-0.1, -0.05) is 24.3 Å². The predicted octanol–water partition coefficient (Wildman–Crippen LogP) is 0.955. The summed E-state index contributed by atoms with van der Waals surface area (Å²) in [6.45, 7) is 6.39. The smallest absolute Gasteiger partial charge is 0.0458 e. The molecule has 1 aromatic rings. The fourth-order valence-corrected chi connectivity index (χ4v) is 2.27. The summed E-state index contributed by atoms with van der Waals surface area (Å²) in [6, 6.07) is 8.45. The third kappa shape index (κ3) is 4.07. The van der Waals surface area contributed by atoms with Crippen LogP contribution >= 0.6 is 0 Å². The molecular formula is C14H23N3O. The molecule has 2 rings (SSSR count). The van der Waals surface area contributed by atoms with E-state index in [1.54, 1.807) is 0 Å². The number of nitrogens with one attached hydrogen (secondary N) is 1. The van der Waals surface area contributed by atoms with Crippen LogP contribution in [0, 0.1) is 0 Å². The molecule has 1 aromatic carbocycles. The van der Waals surface area contributed by atoms with E-state index in [9.17, 15) is 0 Å². The quantitative estimate of drug-likeness (QED) is 0.762. The number of hydrogen-bond donors (Lipinski definition) is 2. The molecular weight excluding hydrogens is 226 g/mol. The lowest BCUT2D eigenvalue weighted by molar-refractivity contribution is 0.155. The van der Waals surface area contributed by atoms with Crippen molar-refractivity contribution >= 4 is 0 Å². The van der Waals surface area contributed by atoms with Crippen LogP contribution in [0.4, 0.5) is 0 Å². The second-order valence-electron chi connectivity index (χ2n) is 5.05. The van der Waals surface area contributed by atoms with Crippen molar-refractivity contribution in [3.63, 3.8) is 0 Å².